The molecule has 0 amide bonds. The minimum absolute atomic E-state index is 0.0168. The summed E-state index contributed by atoms with van der Waals surface area (Å²) in [5.74, 6) is 6.33. The molecule has 1 aliphatic rings. The SMILES string of the molecule is C=C(C)C1CC/C(C)=C/CC/C(C)=C/[C@H](O[Si](C)(C)C(C)(C)C)CC#C[C@H]1O. The minimum Gasteiger partial charge on any atom is -0.410 e. The molecule has 1 aliphatic carbocycles. The van der Waals surface area contributed by atoms with Gasteiger partial charge in [0.2, 0.25) is 0 Å². The van der Waals surface area contributed by atoms with Gasteiger partial charge in [-0.2, -0.15) is 0 Å². The zero-order chi connectivity index (χ0) is 21.5. The molecule has 3 heteroatoms. The molecule has 0 saturated carbocycles. The van der Waals surface area contributed by atoms with Crippen molar-refractivity contribution in [1.29, 1.82) is 0 Å². The highest BCUT2D eigenvalue weighted by atomic mass is 28.4. The van der Waals surface area contributed by atoms with Gasteiger partial charge in [-0.15, -0.1) is 0 Å². The first-order valence-corrected chi connectivity index (χ1v) is 13.6. The van der Waals surface area contributed by atoms with E-state index in [1.165, 1.54) is 11.1 Å². The Morgan fingerprint density at radius 1 is 1.21 bits per heavy atom. The lowest BCUT2D eigenvalue weighted by molar-refractivity contribution is 0.174. The standard InChI is InChI=1S/C25H42O2Si/c1-19(2)23-17-16-20(3)12-10-13-21(4)18-22(14-11-15-24(23)26)27-28(8,9)25(5,6)7/h12,18,22-24,26H,1,10,13-14,16-17H2,2-9H3/b20-12+,21-18+/t22-,23?,24-/m1/s1. The second-order valence-corrected chi connectivity index (χ2v) is 14.7. The Balaban J connectivity index is 3.15. The highest BCUT2D eigenvalue weighted by molar-refractivity contribution is 6.74. The van der Waals surface area contributed by atoms with Crippen molar-refractivity contribution >= 4 is 8.32 Å². The van der Waals surface area contributed by atoms with Crippen LogP contribution in [0.2, 0.25) is 18.1 Å². The fourth-order valence-corrected chi connectivity index (χ4v) is 4.42. The number of hydrogen-bond donors (Lipinski definition) is 1. The number of rotatable bonds is 3. The Kier molecular flexibility index (Phi) is 9.47. The van der Waals surface area contributed by atoms with Gasteiger partial charge < -0.3 is 9.53 Å². The first-order valence-electron chi connectivity index (χ1n) is 10.7. The molecule has 1 unspecified atom stereocenters. The quantitative estimate of drug-likeness (QED) is 0.320. The summed E-state index contributed by atoms with van der Waals surface area (Å²) in [5.41, 5.74) is 3.74. The van der Waals surface area contributed by atoms with Crippen molar-refractivity contribution in [2.75, 3.05) is 0 Å². The predicted molar refractivity (Wildman–Crippen MR) is 125 cm³/mol. The van der Waals surface area contributed by atoms with Crippen molar-refractivity contribution in [2.24, 2.45) is 5.92 Å². The van der Waals surface area contributed by atoms with Crippen LogP contribution in [0.4, 0.5) is 0 Å². The molecular formula is C25H42O2Si. The van der Waals surface area contributed by atoms with Gasteiger partial charge >= 0.3 is 0 Å². The van der Waals surface area contributed by atoms with E-state index in [9.17, 15) is 5.11 Å². The molecule has 158 valence electrons. The average Bonchev–Trinajstić information content (AvgIpc) is 2.52. The lowest BCUT2D eigenvalue weighted by Crippen LogP contribution is -2.43. The summed E-state index contributed by atoms with van der Waals surface area (Å²) in [5, 5.41) is 10.8. The van der Waals surface area contributed by atoms with Crippen LogP contribution in [0.1, 0.15) is 73.6 Å². The summed E-state index contributed by atoms with van der Waals surface area (Å²) in [4.78, 5) is 0. The molecule has 0 aromatic heterocycles. The molecule has 0 heterocycles. The third kappa shape index (κ3) is 8.11. The van der Waals surface area contributed by atoms with Crippen LogP contribution >= 0.6 is 0 Å². The zero-order valence-corrected chi connectivity index (χ0v) is 20.5. The fourth-order valence-electron chi connectivity index (χ4n) is 3.16. The van der Waals surface area contributed by atoms with E-state index in [0.717, 1.165) is 31.3 Å². The van der Waals surface area contributed by atoms with E-state index in [4.69, 9.17) is 4.43 Å². The molecule has 0 fully saturated rings. The molecule has 0 bridgehead atoms. The van der Waals surface area contributed by atoms with E-state index < -0.39 is 14.4 Å². The monoisotopic (exact) mass is 402 g/mol. The highest BCUT2D eigenvalue weighted by Crippen LogP contribution is 2.38. The Bertz CT molecular complexity index is 652. The van der Waals surface area contributed by atoms with E-state index >= 15 is 0 Å². The molecule has 3 atom stereocenters. The van der Waals surface area contributed by atoms with Crippen molar-refractivity contribution < 1.29 is 9.53 Å². The maximum atomic E-state index is 10.6. The topological polar surface area (TPSA) is 29.5 Å². The van der Waals surface area contributed by atoms with E-state index in [1.807, 2.05) is 6.92 Å². The maximum Gasteiger partial charge on any atom is 0.192 e. The van der Waals surface area contributed by atoms with Crippen molar-refractivity contribution in [1.82, 2.24) is 0 Å². The molecule has 0 saturated heterocycles. The summed E-state index contributed by atoms with van der Waals surface area (Å²) >= 11 is 0. The molecular weight excluding hydrogens is 360 g/mol. The van der Waals surface area contributed by atoms with Crippen molar-refractivity contribution in [2.45, 2.75) is 104 Å². The lowest BCUT2D eigenvalue weighted by atomic mass is 9.89. The van der Waals surface area contributed by atoms with Crippen LogP contribution in [0.15, 0.2) is 35.5 Å². The van der Waals surface area contributed by atoms with Gasteiger partial charge in [0.15, 0.2) is 8.32 Å². The molecule has 1 rings (SSSR count). The molecule has 1 N–H and O–H groups in total. The first kappa shape index (κ1) is 25.0. The van der Waals surface area contributed by atoms with Gasteiger partial charge in [-0.05, 0) is 64.6 Å². The smallest absolute Gasteiger partial charge is 0.192 e. The predicted octanol–water partition coefficient (Wildman–Crippen LogP) is 6.79. The fraction of sp³-hybridized carbons (Fsp3) is 0.680. The molecule has 0 radical (unpaired) electrons. The molecule has 2 nitrogen and oxygen atoms in total. The summed E-state index contributed by atoms with van der Waals surface area (Å²) in [6.45, 7) is 21.8. The largest absolute Gasteiger partial charge is 0.410 e. The Hall–Kier alpha value is -1.08. The van der Waals surface area contributed by atoms with Crippen molar-refractivity contribution in [3.8, 4) is 11.8 Å². The minimum atomic E-state index is -1.89. The van der Waals surface area contributed by atoms with Crippen molar-refractivity contribution in [3.05, 3.63) is 35.5 Å². The summed E-state index contributed by atoms with van der Waals surface area (Å²) in [7, 11) is -1.89. The van der Waals surface area contributed by atoms with Crippen LogP contribution in [-0.4, -0.2) is 25.6 Å². The third-order valence-electron chi connectivity index (χ3n) is 6.17. The third-order valence-corrected chi connectivity index (χ3v) is 10.7. The van der Waals surface area contributed by atoms with Gasteiger partial charge in [-0.1, -0.05) is 68.1 Å². The number of hydrogen-bond acceptors (Lipinski definition) is 2. The molecule has 28 heavy (non-hydrogen) atoms. The Morgan fingerprint density at radius 3 is 2.43 bits per heavy atom. The second kappa shape index (κ2) is 10.6. The van der Waals surface area contributed by atoms with Gasteiger partial charge in [-0.25, -0.2) is 0 Å². The van der Waals surface area contributed by atoms with E-state index in [0.29, 0.717) is 6.42 Å². The molecule has 0 aliphatic heterocycles. The van der Waals surface area contributed by atoms with E-state index in [-0.39, 0.29) is 17.1 Å². The number of aliphatic hydroxyl groups excluding tert-OH is 1. The average molecular weight is 403 g/mol. The summed E-state index contributed by atoms with van der Waals surface area (Å²) in [6.07, 6.45) is 8.51. The van der Waals surface area contributed by atoms with Crippen LogP contribution in [-0.2, 0) is 4.43 Å². The van der Waals surface area contributed by atoms with Gasteiger partial charge in [0.25, 0.3) is 0 Å². The van der Waals surface area contributed by atoms with Crippen LogP contribution in [0.25, 0.3) is 0 Å². The van der Waals surface area contributed by atoms with Crippen LogP contribution in [0.5, 0.6) is 0 Å². The number of allylic oxidation sites excluding steroid dienone is 3. The molecule has 0 spiro atoms. The van der Waals surface area contributed by atoms with Gasteiger partial charge in [0.1, 0.15) is 6.10 Å². The van der Waals surface area contributed by atoms with Crippen LogP contribution < -0.4 is 0 Å². The highest BCUT2D eigenvalue weighted by Gasteiger charge is 2.38. The maximum absolute atomic E-state index is 10.6. The zero-order valence-electron chi connectivity index (χ0n) is 19.5. The van der Waals surface area contributed by atoms with E-state index in [2.05, 4.69) is 78.3 Å². The lowest BCUT2D eigenvalue weighted by Gasteiger charge is -2.38. The normalized spacial score (nSPS) is 29.4. The van der Waals surface area contributed by atoms with E-state index in [1.54, 1.807) is 0 Å². The summed E-state index contributed by atoms with van der Waals surface area (Å²) < 4.78 is 6.65. The van der Waals surface area contributed by atoms with Gasteiger partial charge in [0.05, 0.1) is 6.10 Å². The van der Waals surface area contributed by atoms with Crippen molar-refractivity contribution in [3.63, 3.8) is 0 Å². The molecule has 0 aromatic rings. The molecule has 0 aromatic carbocycles. The second-order valence-electron chi connectivity index (χ2n) is 9.98. The van der Waals surface area contributed by atoms with Gasteiger partial charge in [-0.3, -0.25) is 0 Å². The first-order chi connectivity index (χ1) is 12.8. The summed E-state index contributed by atoms with van der Waals surface area (Å²) in [6, 6.07) is 0. The Labute approximate surface area is 175 Å². The van der Waals surface area contributed by atoms with Crippen LogP contribution in [0, 0.1) is 17.8 Å². The van der Waals surface area contributed by atoms with Gasteiger partial charge in [0, 0.05) is 12.3 Å². The van der Waals surface area contributed by atoms with Crippen LogP contribution in [0.3, 0.4) is 0 Å². The Morgan fingerprint density at radius 2 is 1.86 bits per heavy atom. The number of aliphatic hydroxyl groups is 1.